The minimum absolute atomic E-state index is 0.0874. The topological polar surface area (TPSA) is 66.4 Å². The zero-order valence-corrected chi connectivity index (χ0v) is 11.6. The third-order valence-corrected chi connectivity index (χ3v) is 4.11. The summed E-state index contributed by atoms with van der Waals surface area (Å²) in [5.41, 5.74) is 0.976. The molecule has 0 saturated heterocycles. The first-order valence-electron chi connectivity index (χ1n) is 5.01. The van der Waals surface area contributed by atoms with Gasteiger partial charge >= 0.3 is 6.09 Å². The molecule has 0 fully saturated rings. The van der Waals surface area contributed by atoms with Gasteiger partial charge in [-0.3, -0.25) is 10.1 Å². The minimum atomic E-state index is -1.12. The summed E-state index contributed by atoms with van der Waals surface area (Å²) < 4.78 is 0.938. The molecule has 0 atom stereocenters. The molecule has 0 radical (unpaired) electrons. The Kier molecular flexibility index (Phi) is 5.80. The number of carbonyl (C=O) groups is 2. The van der Waals surface area contributed by atoms with Crippen LogP contribution in [0.25, 0.3) is 0 Å². The highest BCUT2D eigenvalue weighted by molar-refractivity contribution is 8.21. The number of thioether (sulfide) groups is 2. The van der Waals surface area contributed by atoms with Crippen LogP contribution in [-0.2, 0) is 0 Å². The van der Waals surface area contributed by atoms with Crippen molar-refractivity contribution in [2.45, 2.75) is 0 Å². The highest BCUT2D eigenvalue weighted by Gasteiger charge is 2.05. The van der Waals surface area contributed by atoms with Crippen molar-refractivity contribution < 1.29 is 14.7 Å². The molecule has 0 spiro atoms. The van der Waals surface area contributed by atoms with E-state index >= 15 is 0 Å². The molecule has 0 unspecified atom stereocenters. The van der Waals surface area contributed by atoms with E-state index in [1.807, 2.05) is 12.5 Å². The van der Waals surface area contributed by atoms with Gasteiger partial charge in [-0.05, 0) is 36.8 Å². The summed E-state index contributed by atoms with van der Waals surface area (Å²) in [5.74, 6) is -0.0874. The van der Waals surface area contributed by atoms with E-state index in [-0.39, 0.29) is 5.78 Å². The lowest BCUT2D eigenvalue weighted by molar-refractivity contribution is 0.104. The second-order valence-corrected chi connectivity index (χ2v) is 5.20. The maximum atomic E-state index is 11.9. The molecule has 0 bridgehead atoms. The van der Waals surface area contributed by atoms with Gasteiger partial charge in [-0.25, -0.2) is 4.79 Å². The second-order valence-electron chi connectivity index (χ2n) is 3.24. The zero-order chi connectivity index (χ0) is 13.5. The quantitative estimate of drug-likeness (QED) is 0.639. The fraction of sp³-hybridized carbons (Fsp3) is 0.167. The van der Waals surface area contributed by atoms with Gasteiger partial charge < -0.3 is 5.11 Å². The van der Waals surface area contributed by atoms with Crippen LogP contribution >= 0.6 is 23.5 Å². The standard InChI is InChI=1S/C12H13NO3S2/c1-17-11(18-2)7-10(14)8-3-5-9(6-4-8)13-12(15)16/h3-7,13H,1-2H3,(H,15,16). The van der Waals surface area contributed by atoms with Crippen LogP contribution in [0.1, 0.15) is 10.4 Å². The number of nitrogens with one attached hydrogen (secondary N) is 1. The second kappa shape index (κ2) is 7.13. The summed E-state index contributed by atoms with van der Waals surface area (Å²) in [6.45, 7) is 0. The van der Waals surface area contributed by atoms with Gasteiger partial charge in [0, 0.05) is 21.6 Å². The van der Waals surface area contributed by atoms with E-state index in [1.165, 1.54) is 23.5 Å². The van der Waals surface area contributed by atoms with E-state index in [0.717, 1.165) is 4.24 Å². The van der Waals surface area contributed by atoms with Crippen LogP contribution in [0.4, 0.5) is 10.5 Å². The van der Waals surface area contributed by atoms with E-state index < -0.39 is 6.09 Å². The molecule has 0 aromatic heterocycles. The van der Waals surface area contributed by atoms with Crippen molar-refractivity contribution in [2.24, 2.45) is 0 Å². The SMILES string of the molecule is CSC(=CC(=O)c1ccc(NC(=O)O)cc1)SC. The van der Waals surface area contributed by atoms with Gasteiger partial charge in [0.2, 0.25) is 0 Å². The first kappa shape index (κ1) is 14.7. The van der Waals surface area contributed by atoms with Crippen molar-refractivity contribution in [3.05, 3.63) is 40.1 Å². The highest BCUT2D eigenvalue weighted by Crippen LogP contribution is 2.24. The number of rotatable bonds is 5. The first-order valence-corrected chi connectivity index (χ1v) is 7.45. The molecule has 18 heavy (non-hydrogen) atoms. The van der Waals surface area contributed by atoms with Gasteiger partial charge in [-0.1, -0.05) is 0 Å². The number of anilines is 1. The molecule has 96 valence electrons. The molecular weight excluding hydrogens is 270 g/mol. The molecule has 6 heteroatoms. The highest BCUT2D eigenvalue weighted by atomic mass is 32.2. The summed E-state index contributed by atoms with van der Waals surface area (Å²) in [7, 11) is 0. The van der Waals surface area contributed by atoms with Gasteiger partial charge in [0.05, 0.1) is 0 Å². The fourth-order valence-electron chi connectivity index (χ4n) is 1.23. The Labute approximate surface area is 114 Å². The molecule has 2 N–H and O–H groups in total. The van der Waals surface area contributed by atoms with Gasteiger partial charge in [0.1, 0.15) is 0 Å². The van der Waals surface area contributed by atoms with Gasteiger partial charge in [-0.2, -0.15) is 0 Å². The summed E-state index contributed by atoms with van der Waals surface area (Å²) in [6, 6.07) is 6.32. The molecule has 1 aromatic rings. The van der Waals surface area contributed by atoms with E-state index in [1.54, 1.807) is 30.3 Å². The van der Waals surface area contributed by atoms with E-state index in [4.69, 9.17) is 5.11 Å². The van der Waals surface area contributed by atoms with Crippen LogP contribution in [0.3, 0.4) is 0 Å². The fourth-order valence-corrected chi connectivity index (χ4v) is 2.35. The third kappa shape index (κ3) is 4.46. The van der Waals surface area contributed by atoms with E-state index in [2.05, 4.69) is 5.32 Å². The number of ketones is 1. The molecule has 0 aliphatic rings. The van der Waals surface area contributed by atoms with Crippen molar-refractivity contribution in [3.63, 3.8) is 0 Å². The lowest BCUT2D eigenvalue weighted by Crippen LogP contribution is -2.07. The molecule has 0 aliphatic heterocycles. The Bertz CT molecular complexity index is 463. The predicted molar refractivity (Wildman–Crippen MR) is 77.5 cm³/mol. The summed E-state index contributed by atoms with van der Waals surface area (Å²) in [6.07, 6.45) is 4.28. The maximum Gasteiger partial charge on any atom is 0.409 e. The lowest BCUT2D eigenvalue weighted by Gasteiger charge is -2.02. The van der Waals surface area contributed by atoms with E-state index in [0.29, 0.717) is 11.3 Å². The van der Waals surface area contributed by atoms with Crippen molar-refractivity contribution in [1.82, 2.24) is 0 Å². The summed E-state index contributed by atoms with van der Waals surface area (Å²) >= 11 is 3.04. The molecule has 4 nitrogen and oxygen atoms in total. The number of amides is 1. The van der Waals surface area contributed by atoms with Crippen LogP contribution in [0.15, 0.2) is 34.6 Å². The number of benzene rings is 1. The monoisotopic (exact) mass is 283 g/mol. The van der Waals surface area contributed by atoms with E-state index in [9.17, 15) is 9.59 Å². The number of allylic oxidation sites excluding steroid dienone is 1. The molecule has 1 amide bonds. The molecule has 1 aromatic carbocycles. The minimum Gasteiger partial charge on any atom is -0.465 e. The number of carbonyl (C=O) groups excluding carboxylic acids is 1. The van der Waals surface area contributed by atoms with Crippen LogP contribution < -0.4 is 5.32 Å². The summed E-state index contributed by atoms with van der Waals surface area (Å²) in [4.78, 5) is 22.3. The van der Waals surface area contributed by atoms with Crippen LogP contribution in [-0.4, -0.2) is 29.5 Å². The smallest absolute Gasteiger partial charge is 0.409 e. The Morgan fingerprint density at radius 2 is 1.72 bits per heavy atom. The molecule has 1 rings (SSSR count). The van der Waals surface area contributed by atoms with Crippen molar-refractivity contribution >= 4 is 41.1 Å². The van der Waals surface area contributed by atoms with Gasteiger partial charge in [0.15, 0.2) is 5.78 Å². The average Bonchev–Trinajstić information content (AvgIpc) is 2.35. The third-order valence-electron chi connectivity index (χ3n) is 2.07. The van der Waals surface area contributed by atoms with Crippen molar-refractivity contribution in [3.8, 4) is 0 Å². The molecular formula is C12H13NO3S2. The zero-order valence-electron chi connectivity index (χ0n) is 9.97. The Morgan fingerprint density at radius 3 is 2.17 bits per heavy atom. The summed E-state index contributed by atoms with van der Waals surface area (Å²) in [5, 5.41) is 10.8. The van der Waals surface area contributed by atoms with Crippen LogP contribution in [0.2, 0.25) is 0 Å². The maximum absolute atomic E-state index is 11.9. The predicted octanol–water partition coefficient (Wildman–Crippen LogP) is 3.53. The van der Waals surface area contributed by atoms with Crippen LogP contribution in [0.5, 0.6) is 0 Å². The average molecular weight is 283 g/mol. The molecule has 0 aliphatic carbocycles. The normalized spacial score (nSPS) is 9.67. The number of carboxylic acid groups (broad SMARTS) is 1. The van der Waals surface area contributed by atoms with Crippen LogP contribution in [0, 0.1) is 0 Å². The Hall–Kier alpha value is -1.40. The lowest BCUT2D eigenvalue weighted by atomic mass is 10.1. The number of hydrogen-bond acceptors (Lipinski definition) is 4. The van der Waals surface area contributed by atoms with Crippen molar-refractivity contribution in [2.75, 3.05) is 17.8 Å². The molecule has 0 saturated carbocycles. The van der Waals surface area contributed by atoms with Gasteiger partial charge in [0.25, 0.3) is 0 Å². The Balaban J connectivity index is 2.82. The molecule has 0 heterocycles. The Morgan fingerprint density at radius 1 is 1.17 bits per heavy atom. The van der Waals surface area contributed by atoms with Gasteiger partial charge in [-0.15, -0.1) is 23.5 Å². The first-order chi connectivity index (χ1) is 8.56. The van der Waals surface area contributed by atoms with Crippen molar-refractivity contribution in [1.29, 1.82) is 0 Å². The largest absolute Gasteiger partial charge is 0.465 e. The number of hydrogen-bond donors (Lipinski definition) is 2.